The zero-order valence-corrected chi connectivity index (χ0v) is 8.80. The van der Waals surface area contributed by atoms with Crippen LogP contribution >= 0.6 is 0 Å². The maximum Gasteiger partial charge on any atom is 0.0881 e. The summed E-state index contributed by atoms with van der Waals surface area (Å²) in [4.78, 5) is 4.13. The Morgan fingerprint density at radius 1 is 1.38 bits per heavy atom. The van der Waals surface area contributed by atoms with Gasteiger partial charge in [-0.05, 0) is 30.7 Å². The van der Waals surface area contributed by atoms with Crippen LogP contribution in [0.5, 0.6) is 0 Å². The molecule has 78 valence electrons. The van der Waals surface area contributed by atoms with E-state index in [9.17, 15) is 0 Å². The highest BCUT2D eigenvalue weighted by molar-refractivity contribution is 5.60. The van der Waals surface area contributed by atoms with E-state index < -0.39 is 0 Å². The Bertz CT molecular complexity index is 548. The lowest BCUT2D eigenvalue weighted by atomic mass is 10.1. The van der Waals surface area contributed by atoms with Crippen LogP contribution in [0.1, 0.15) is 18.0 Å². The highest BCUT2D eigenvalue weighted by Gasteiger charge is 2.24. The number of nitrogens with zero attached hydrogens (tertiary/aromatic N) is 3. The molecular weight excluding hydrogens is 198 g/mol. The Morgan fingerprint density at radius 3 is 3.06 bits per heavy atom. The SMILES string of the molecule is N#CC1CCn2c(-c3cccnc3)ccc21. The van der Waals surface area contributed by atoms with Gasteiger partial charge in [0.05, 0.1) is 12.0 Å². The van der Waals surface area contributed by atoms with Crippen molar-refractivity contribution < 1.29 is 0 Å². The van der Waals surface area contributed by atoms with E-state index in [0.29, 0.717) is 0 Å². The van der Waals surface area contributed by atoms with Crippen LogP contribution in [0.15, 0.2) is 36.7 Å². The fraction of sp³-hybridized carbons (Fsp3) is 0.231. The molecule has 1 unspecified atom stereocenters. The molecule has 2 aromatic heterocycles. The molecule has 1 aliphatic rings. The summed E-state index contributed by atoms with van der Waals surface area (Å²) in [6, 6.07) is 10.5. The predicted molar refractivity (Wildman–Crippen MR) is 60.6 cm³/mol. The first-order valence-electron chi connectivity index (χ1n) is 5.39. The summed E-state index contributed by atoms with van der Waals surface area (Å²) >= 11 is 0. The second-order valence-electron chi connectivity index (χ2n) is 4.01. The van der Waals surface area contributed by atoms with Gasteiger partial charge < -0.3 is 4.57 Å². The van der Waals surface area contributed by atoms with Crippen molar-refractivity contribution in [1.82, 2.24) is 9.55 Å². The van der Waals surface area contributed by atoms with Crippen molar-refractivity contribution in [3.8, 4) is 17.3 Å². The largest absolute Gasteiger partial charge is 0.343 e. The minimum Gasteiger partial charge on any atom is -0.343 e. The van der Waals surface area contributed by atoms with E-state index in [1.165, 1.54) is 5.69 Å². The second-order valence-corrected chi connectivity index (χ2v) is 4.01. The number of hydrogen-bond acceptors (Lipinski definition) is 2. The topological polar surface area (TPSA) is 41.6 Å². The predicted octanol–water partition coefficient (Wildman–Crippen LogP) is 2.56. The standard InChI is InChI=1S/C13H11N3/c14-8-10-5-7-16-12(10)3-4-13(16)11-2-1-6-15-9-11/h1-4,6,9-10H,5,7H2. The second kappa shape index (κ2) is 3.49. The summed E-state index contributed by atoms with van der Waals surface area (Å²) in [5.74, 6) is 0.0606. The van der Waals surface area contributed by atoms with Gasteiger partial charge in [0, 0.05) is 35.9 Å². The van der Waals surface area contributed by atoms with Gasteiger partial charge in [-0.1, -0.05) is 0 Å². The van der Waals surface area contributed by atoms with Gasteiger partial charge in [-0.15, -0.1) is 0 Å². The quantitative estimate of drug-likeness (QED) is 0.724. The molecule has 0 fully saturated rings. The molecule has 0 saturated heterocycles. The van der Waals surface area contributed by atoms with E-state index in [2.05, 4.69) is 33.8 Å². The summed E-state index contributed by atoms with van der Waals surface area (Å²) in [5.41, 5.74) is 3.43. The molecule has 0 amide bonds. The molecule has 0 bridgehead atoms. The molecule has 0 spiro atoms. The average Bonchev–Trinajstić information content (AvgIpc) is 2.90. The molecule has 3 heterocycles. The molecule has 1 atom stereocenters. The smallest absolute Gasteiger partial charge is 0.0881 e. The van der Waals surface area contributed by atoms with Crippen molar-refractivity contribution in [3.63, 3.8) is 0 Å². The molecule has 3 heteroatoms. The average molecular weight is 209 g/mol. The van der Waals surface area contributed by atoms with Crippen LogP contribution in [0.25, 0.3) is 11.3 Å². The van der Waals surface area contributed by atoms with Gasteiger partial charge in [0.25, 0.3) is 0 Å². The van der Waals surface area contributed by atoms with Gasteiger partial charge in [0.15, 0.2) is 0 Å². The molecular formula is C13H11N3. The first-order chi connectivity index (χ1) is 7.90. The molecule has 0 aliphatic carbocycles. The molecule has 16 heavy (non-hydrogen) atoms. The van der Waals surface area contributed by atoms with E-state index >= 15 is 0 Å². The molecule has 0 saturated carbocycles. The normalized spacial score (nSPS) is 18.1. The highest BCUT2D eigenvalue weighted by atomic mass is 15.0. The van der Waals surface area contributed by atoms with Crippen LogP contribution in [0.2, 0.25) is 0 Å². The fourth-order valence-electron chi connectivity index (χ4n) is 2.34. The van der Waals surface area contributed by atoms with Gasteiger partial charge in [-0.2, -0.15) is 5.26 Å². The van der Waals surface area contributed by atoms with Crippen LogP contribution in [-0.2, 0) is 6.54 Å². The maximum absolute atomic E-state index is 9.02. The zero-order valence-electron chi connectivity index (χ0n) is 8.80. The zero-order chi connectivity index (χ0) is 11.0. The maximum atomic E-state index is 9.02. The third kappa shape index (κ3) is 1.24. The molecule has 3 rings (SSSR count). The minimum absolute atomic E-state index is 0.0606. The van der Waals surface area contributed by atoms with Gasteiger partial charge in [-0.25, -0.2) is 0 Å². The third-order valence-electron chi connectivity index (χ3n) is 3.13. The lowest BCUT2D eigenvalue weighted by Crippen LogP contribution is -1.95. The summed E-state index contributed by atoms with van der Waals surface area (Å²) < 4.78 is 2.23. The van der Waals surface area contributed by atoms with E-state index in [0.717, 1.165) is 24.2 Å². The van der Waals surface area contributed by atoms with Crippen molar-refractivity contribution in [2.24, 2.45) is 0 Å². The number of hydrogen-bond donors (Lipinski definition) is 0. The van der Waals surface area contributed by atoms with Crippen molar-refractivity contribution >= 4 is 0 Å². The van der Waals surface area contributed by atoms with Crippen LogP contribution < -0.4 is 0 Å². The van der Waals surface area contributed by atoms with Crippen molar-refractivity contribution in [2.75, 3.05) is 0 Å². The summed E-state index contributed by atoms with van der Waals surface area (Å²) in [6.45, 7) is 0.935. The lowest BCUT2D eigenvalue weighted by molar-refractivity contribution is 0.738. The van der Waals surface area contributed by atoms with Crippen LogP contribution in [0.3, 0.4) is 0 Å². The van der Waals surface area contributed by atoms with Gasteiger partial charge in [0.2, 0.25) is 0 Å². The highest BCUT2D eigenvalue weighted by Crippen LogP contribution is 2.33. The van der Waals surface area contributed by atoms with Crippen LogP contribution in [-0.4, -0.2) is 9.55 Å². The number of nitriles is 1. The molecule has 3 nitrogen and oxygen atoms in total. The molecule has 1 aliphatic heterocycles. The number of pyridine rings is 1. The lowest BCUT2D eigenvalue weighted by Gasteiger charge is -2.05. The van der Waals surface area contributed by atoms with Crippen molar-refractivity contribution in [2.45, 2.75) is 18.9 Å². The third-order valence-corrected chi connectivity index (χ3v) is 3.13. The Hall–Kier alpha value is -2.08. The Morgan fingerprint density at radius 2 is 2.31 bits per heavy atom. The number of fused-ring (bicyclic) bond motifs is 1. The summed E-state index contributed by atoms with van der Waals surface area (Å²) in [6.07, 6.45) is 4.57. The van der Waals surface area contributed by atoms with Crippen LogP contribution in [0.4, 0.5) is 0 Å². The van der Waals surface area contributed by atoms with Gasteiger partial charge in [0.1, 0.15) is 0 Å². The van der Waals surface area contributed by atoms with E-state index in [-0.39, 0.29) is 5.92 Å². The first-order valence-corrected chi connectivity index (χ1v) is 5.39. The Labute approximate surface area is 94.0 Å². The molecule has 0 aromatic carbocycles. The minimum atomic E-state index is 0.0606. The van der Waals surface area contributed by atoms with Gasteiger partial charge >= 0.3 is 0 Å². The first kappa shape index (κ1) is 9.17. The molecule has 0 N–H and O–H groups in total. The van der Waals surface area contributed by atoms with Crippen molar-refractivity contribution in [1.29, 1.82) is 5.26 Å². The fourth-order valence-corrected chi connectivity index (χ4v) is 2.34. The van der Waals surface area contributed by atoms with E-state index in [1.54, 1.807) is 6.20 Å². The van der Waals surface area contributed by atoms with Crippen LogP contribution in [0, 0.1) is 11.3 Å². The van der Waals surface area contributed by atoms with Gasteiger partial charge in [-0.3, -0.25) is 4.98 Å². The van der Waals surface area contributed by atoms with E-state index in [1.807, 2.05) is 12.3 Å². The Balaban J connectivity index is 2.10. The van der Waals surface area contributed by atoms with E-state index in [4.69, 9.17) is 5.26 Å². The summed E-state index contributed by atoms with van der Waals surface area (Å²) in [7, 11) is 0. The number of rotatable bonds is 1. The Kier molecular flexibility index (Phi) is 2.00. The number of aromatic nitrogens is 2. The molecule has 0 radical (unpaired) electrons. The van der Waals surface area contributed by atoms with Crippen molar-refractivity contribution in [3.05, 3.63) is 42.4 Å². The summed E-state index contributed by atoms with van der Waals surface area (Å²) in [5, 5.41) is 9.02. The monoisotopic (exact) mass is 209 g/mol. The molecule has 2 aromatic rings.